The molecule has 0 saturated carbocycles. The number of nitrogens with one attached hydrogen (secondary N) is 2. The predicted octanol–water partition coefficient (Wildman–Crippen LogP) is 3.42. The Morgan fingerprint density at radius 3 is 2.82 bits per heavy atom. The van der Waals surface area contributed by atoms with Crippen LogP contribution in [-0.2, 0) is 19.5 Å². The van der Waals surface area contributed by atoms with E-state index in [1.807, 2.05) is 6.07 Å². The van der Waals surface area contributed by atoms with Crippen molar-refractivity contribution in [2.45, 2.75) is 39.3 Å². The average molecular weight is 404 g/mol. The molecule has 0 spiro atoms. The monoisotopic (exact) mass is 403 g/mol. The number of thiazole rings is 1. The van der Waals surface area contributed by atoms with Crippen LogP contribution in [0.2, 0.25) is 0 Å². The first-order valence-corrected chi connectivity index (χ1v) is 10.9. The van der Waals surface area contributed by atoms with Gasteiger partial charge in [0.2, 0.25) is 0 Å². The lowest BCUT2D eigenvalue weighted by Gasteiger charge is -2.31. The summed E-state index contributed by atoms with van der Waals surface area (Å²) in [5.41, 5.74) is 2.12. The molecule has 0 bridgehead atoms. The molecule has 0 aliphatic carbocycles. The molecule has 2 heterocycles. The third-order valence-corrected chi connectivity index (χ3v) is 6.17. The van der Waals surface area contributed by atoms with Gasteiger partial charge in [0.1, 0.15) is 5.82 Å². The van der Waals surface area contributed by atoms with Crippen LogP contribution in [0, 0.1) is 11.7 Å². The van der Waals surface area contributed by atoms with Crippen LogP contribution in [0.4, 0.5) is 4.39 Å². The van der Waals surface area contributed by atoms with Gasteiger partial charge in [0.05, 0.1) is 10.7 Å². The second-order valence-corrected chi connectivity index (χ2v) is 8.18. The van der Waals surface area contributed by atoms with Gasteiger partial charge in [-0.3, -0.25) is 9.89 Å². The fourth-order valence-corrected chi connectivity index (χ4v) is 4.19. The first kappa shape index (κ1) is 20.7. The third kappa shape index (κ3) is 6.27. The molecule has 2 aromatic rings. The number of nitrogens with zero attached hydrogens (tertiary/aromatic N) is 3. The summed E-state index contributed by atoms with van der Waals surface area (Å²) in [7, 11) is 1.77. The van der Waals surface area contributed by atoms with E-state index in [-0.39, 0.29) is 5.82 Å². The van der Waals surface area contributed by atoms with E-state index in [2.05, 4.69) is 37.8 Å². The Bertz CT molecular complexity index is 768. The third-order valence-electron chi connectivity index (χ3n) is 5.13. The van der Waals surface area contributed by atoms with Gasteiger partial charge >= 0.3 is 0 Å². The minimum atomic E-state index is -0.211. The van der Waals surface area contributed by atoms with Crippen LogP contribution in [-0.4, -0.2) is 42.5 Å². The second-order valence-electron chi connectivity index (χ2n) is 7.24. The van der Waals surface area contributed by atoms with Crippen LogP contribution in [0.1, 0.15) is 36.0 Å². The molecular formula is C21H30FN5S. The highest BCUT2D eigenvalue weighted by atomic mass is 32.1. The van der Waals surface area contributed by atoms with Crippen molar-refractivity contribution in [2.75, 3.05) is 26.7 Å². The number of piperidine rings is 1. The highest BCUT2D eigenvalue weighted by molar-refractivity contribution is 7.09. The largest absolute Gasteiger partial charge is 0.356 e. The zero-order chi connectivity index (χ0) is 19.8. The summed E-state index contributed by atoms with van der Waals surface area (Å²) in [6.07, 6.45) is 3.38. The van der Waals surface area contributed by atoms with Crippen molar-refractivity contribution in [1.82, 2.24) is 20.5 Å². The van der Waals surface area contributed by atoms with Crippen LogP contribution < -0.4 is 10.6 Å². The molecule has 152 valence electrons. The molecule has 0 amide bonds. The fourth-order valence-electron chi connectivity index (χ4n) is 3.46. The average Bonchev–Trinajstić information content (AvgIpc) is 3.17. The number of aliphatic imine (C=N–C) groups is 1. The summed E-state index contributed by atoms with van der Waals surface area (Å²) in [6, 6.07) is 6.64. The quantitative estimate of drug-likeness (QED) is 0.549. The Balaban J connectivity index is 1.36. The Morgan fingerprint density at radius 2 is 2.14 bits per heavy atom. The van der Waals surface area contributed by atoms with Crippen molar-refractivity contribution < 1.29 is 4.39 Å². The van der Waals surface area contributed by atoms with Crippen molar-refractivity contribution in [2.24, 2.45) is 10.9 Å². The van der Waals surface area contributed by atoms with Gasteiger partial charge in [-0.05, 0) is 56.0 Å². The summed E-state index contributed by atoms with van der Waals surface area (Å²) in [6.45, 7) is 6.81. The topological polar surface area (TPSA) is 52.6 Å². The summed E-state index contributed by atoms with van der Waals surface area (Å²) >= 11 is 1.77. The van der Waals surface area contributed by atoms with E-state index in [0.717, 1.165) is 44.1 Å². The standard InChI is InChI=1S/C21H30FN5S/c1-3-20-26-19(15-28-20)14-27-9-7-16(8-10-27)12-24-21(23-2)25-13-17-5-4-6-18(22)11-17/h4-6,11,15-16H,3,7-10,12-14H2,1-2H3,(H2,23,24,25). The lowest BCUT2D eigenvalue weighted by Crippen LogP contribution is -2.42. The lowest BCUT2D eigenvalue weighted by atomic mass is 9.97. The van der Waals surface area contributed by atoms with Gasteiger partial charge in [0, 0.05) is 32.1 Å². The number of halogens is 1. The Kier molecular flexibility index (Phi) is 7.80. The maximum absolute atomic E-state index is 13.3. The summed E-state index contributed by atoms with van der Waals surface area (Å²) in [4.78, 5) is 11.5. The molecule has 28 heavy (non-hydrogen) atoms. The molecule has 0 radical (unpaired) electrons. The minimum Gasteiger partial charge on any atom is -0.356 e. The van der Waals surface area contributed by atoms with Gasteiger partial charge < -0.3 is 10.6 Å². The molecule has 1 saturated heterocycles. The number of guanidine groups is 1. The summed E-state index contributed by atoms with van der Waals surface area (Å²) in [5.74, 6) is 1.20. The number of aryl methyl sites for hydroxylation is 1. The maximum Gasteiger partial charge on any atom is 0.191 e. The van der Waals surface area contributed by atoms with Gasteiger partial charge in [0.25, 0.3) is 0 Å². The van der Waals surface area contributed by atoms with Gasteiger partial charge in [-0.1, -0.05) is 19.1 Å². The smallest absolute Gasteiger partial charge is 0.191 e. The first-order chi connectivity index (χ1) is 13.7. The van der Waals surface area contributed by atoms with Gasteiger partial charge in [-0.15, -0.1) is 11.3 Å². The summed E-state index contributed by atoms with van der Waals surface area (Å²) in [5, 5.41) is 10.1. The van der Waals surface area contributed by atoms with Crippen molar-refractivity contribution in [1.29, 1.82) is 0 Å². The molecule has 5 nitrogen and oxygen atoms in total. The van der Waals surface area contributed by atoms with Crippen LogP contribution in [0.5, 0.6) is 0 Å². The Hall–Kier alpha value is -1.99. The van der Waals surface area contributed by atoms with E-state index in [1.54, 1.807) is 30.5 Å². The molecule has 1 aromatic heterocycles. The molecule has 3 rings (SSSR count). The van der Waals surface area contributed by atoms with E-state index in [1.165, 1.54) is 29.6 Å². The van der Waals surface area contributed by atoms with Crippen molar-refractivity contribution in [3.05, 3.63) is 51.7 Å². The molecule has 1 fully saturated rings. The SMILES string of the molecule is CCc1nc(CN2CCC(CNC(=NC)NCc3cccc(F)c3)CC2)cs1. The van der Waals surface area contributed by atoms with Crippen LogP contribution in [0.25, 0.3) is 0 Å². The number of benzene rings is 1. The van der Waals surface area contributed by atoms with E-state index < -0.39 is 0 Å². The number of hydrogen-bond acceptors (Lipinski definition) is 4. The van der Waals surface area contributed by atoms with Crippen LogP contribution in [0.15, 0.2) is 34.6 Å². The second kappa shape index (κ2) is 10.5. The van der Waals surface area contributed by atoms with Crippen LogP contribution >= 0.6 is 11.3 Å². The van der Waals surface area contributed by atoms with E-state index >= 15 is 0 Å². The van der Waals surface area contributed by atoms with Crippen molar-refractivity contribution in [3.8, 4) is 0 Å². The first-order valence-electron chi connectivity index (χ1n) is 10.0. The molecule has 1 aliphatic rings. The summed E-state index contributed by atoms with van der Waals surface area (Å²) < 4.78 is 13.3. The van der Waals surface area contributed by atoms with Gasteiger partial charge in [-0.2, -0.15) is 0 Å². The Morgan fingerprint density at radius 1 is 1.32 bits per heavy atom. The zero-order valence-corrected chi connectivity index (χ0v) is 17.6. The molecule has 1 aromatic carbocycles. The highest BCUT2D eigenvalue weighted by Gasteiger charge is 2.20. The van der Waals surface area contributed by atoms with Gasteiger partial charge in [0.15, 0.2) is 5.96 Å². The highest BCUT2D eigenvalue weighted by Crippen LogP contribution is 2.19. The molecule has 2 N–H and O–H groups in total. The number of aromatic nitrogens is 1. The minimum absolute atomic E-state index is 0.211. The van der Waals surface area contributed by atoms with Crippen molar-refractivity contribution >= 4 is 17.3 Å². The number of likely N-dealkylation sites (tertiary alicyclic amines) is 1. The van der Waals surface area contributed by atoms with Crippen LogP contribution in [0.3, 0.4) is 0 Å². The van der Waals surface area contributed by atoms with E-state index in [0.29, 0.717) is 12.5 Å². The van der Waals surface area contributed by atoms with E-state index in [9.17, 15) is 4.39 Å². The van der Waals surface area contributed by atoms with Gasteiger partial charge in [-0.25, -0.2) is 9.37 Å². The normalized spacial score (nSPS) is 16.3. The predicted molar refractivity (Wildman–Crippen MR) is 114 cm³/mol. The maximum atomic E-state index is 13.3. The molecule has 1 aliphatic heterocycles. The number of rotatable bonds is 7. The lowest BCUT2D eigenvalue weighted by molar-refractivity contribution is 0.176. The number of hydrogen-bond donors (Lipinski definition) is 2. The van der Waals surface area contributed by atoms with Crippen molar-refractivity contribution in [3.63, 3.8) is 0 Å². The molecular weight excluding hydrogens is 373 g/mol. The molecule has 0 atom stereocenters. The molecule has 7 heteroatoms. The Labute approximate surface area is 171 Å². The molecule has 0 unspecified atom stereocenters. The van der Waals surface area contributed by atoms with E-state index in [4.69, 9.17) is 0 Å². The fraction of sp³-hybridized carbons (Fsp3) is 0.524. The zero-order valence-electron chi connectivity index (χ0n) is 16.7.